The van der Waals surface area contributed by atoms with E-state index in [1.807, 2.05) is 32.0 Å². The number of nitrogens with zero attached hydrogens (tertiary/aromatic N) is 2. The van der Waals surface area contributed by atoms with E-state index in [-0.39, 0.29) is 23.2 Å². The Balaban J connectivity index is 2.03. The van der Waals surface area contributed by atoms with Gasteiger partial charge in [-0.25, -0.2) is 4.98 Å². The average molecular weight is 426 g/mol. The van der Waals surface area contributed by atoms with E-state index >= 15 is 0 Å². The molecule has 1 N–H and O–H groups in total. The Morgan fingerprint density at radius 1 is 1.20 bits per heavy atom. The second kappa shape index (κ2) is 8.60. The lowest BCUT2D eigenvalue weighted by molar-refractivity contribution is 0.0988. The fraction of sp³-hybridized carbons (Fsp3) is 0.391. The predicted octanol–water partition coefficient (Wildman–Crippen LogP) is 4.88. The van der Waals surface area contributed by atoms with Crippen molar-refractivity contribution in [2.45, 2.75) is 64.4 Å². The predicted molar refractivity (Wildman–Crippen MR) is 121 cm³/mol. The molecule has 2 atom stereocenters. The molecule has 6 nitrogen and oxygen atoms in total. The van der Waals surface area contributed by atoms with Crippen LogP contribution in [0.2, 0.25) is 0 Å². The minimum absolute atomic E-state index is 0.0433. The van der Waals surface area contributed by atoms with Crippen LogP contribution in [0.5, 0.6) is 0 Å². The van der Waals surface area contributed by atoms with Gasteiger partial charge in [0.25, 0.3) is 5.56 Å². The highest BCUT2D eigenvalue weighted by Crippen LogP contribution is 2.29. The van der Waals surface area contributed by atoms with Crippen molar-refractivity contribution in [3.8, 4) is 0 Å². The van der Waals surface area contributed by atoms with Gasteiger partial charge in [-0.15, -0.1) is 0 Å². The van der Waals surface area contributed by atoms with Crippen molar-refractivity contribution >= 4 is 34.2 Å². The van der Waals surface area contributed by atoms with Crippen molar-refractivity contribution in [3.05, 3.63) is 57.1 Å². The van der Waals surface area contributed by atoms with Gasteiger partial charge in [0.1, 0.15) is 0 Å². The number of para-hydroxylation sites is 1. The first-order valence-electron chi connectivity index (χ1n) is 10.1. The van der Waals surface area contributed by atoms with Crippen LogP contribution < -0.4 is 5.56 Å². The number of fused-ring (bicyclic) bond motifs is 1. The van der Waals surface area contributed by atoms with Crippen LogP contribution in [0.15, 0.2) is 34.2 Å². The van der Waals surface area contributed by atoms with Gasteiger partial charge in [0.2, 0.25) is 0 Å². The Kier molecular flexibility index (Phi) is 6.31. The van der Waals surface area contributed by atoms with E-state index < -0.39 is 5.25 Å². The number of carbonyl (C=O) groups excluding carboxylic acids is 2. The second-order valence-electron chi connectivity index (χ2n) is 7.65. The van der Waals surface area contributed by atoms with Crippen LogP contribution in [0.25, 0.3) is 10.9 Å². The van der Waals surface area contributed by atoms with Crippen LogP contribution in [0.1, 0.15) is 72.3 Å². The Bertz CT molecular complexity index is 1190. The van der Waals surface area contributed by atoms with Crippen molar-refractivity contribution in [2.24, 2.45) is 0 Å². The summed E-state index contributed by atoms with van der Waals surface area (Å²) in [6.45, 7) is 10.9. The highest BCUT2D eigenvalue weighted by atomic mass is 32.2. The summed E-state index contributed by atoms with van der Waals surface area (Å²) in [5, 5.41) is 0.620. The third-order valence-electron chi connectivity index (χ3n) is 5.49. The molecule has 0 amide bonds. The van der Waals surface area contributed by atoms with E-state index in [0.717, 1.165) is 6.42 Å². The molecule has 7 heteroatoms. The molecule has 2 aromatic heterocycles. The number of benzene rings is 1. The van der Waals surface area contributed by atoms with E-state index in [1.54, 1.807) is 31.4 Å². The fourth-order valence-electron chi connectivity index (χ4n) is 3.72. The number of Topliss-reactive ketones (excluding diaryl/α,β-unsaturated/α-hetero) is 2. The summed E-state index contributed by atoms with van der Waals surface area (Å²) in [7, 11) is 0. The molecule has 0 saturated heterocycles. The number of aromatic nitrogens is 3. The van der Waals surface area contributed by atoms with Crippen LogP contribution in [0.3, 0.4) is 0 Å². The summed E-state index contributed by atoms with van der Waals surface area (Å²) in [6.07, 6.45) is 0.771. The normalized spacial score (nSPS) is 13.4. The lowest BCUT2D eigenvalue weighted by Gasteiger charge is -2.20. The number of ketones is 2. The molecular formula is C23H27N3O3S. The Morgan fingerprint density at radius 2 is 1.87 bits per heavy atom. The lowest BCUT2D eigenvalue weighted by atomic mass is 10.0. The highest BCUT2D eigenvalue weighted by molar-refractivity contribution is 8.00. The molecule has 0 aliphatic carbocycles. The zero-order valence-electron chi connectivity index (χ0n) is 18.2. The number of thioether (sulfide) groups is 1. The van der Waals surface area contributed by atoms with Gasteiger partial charge in [-0.05, 0) is 58.7 Å². The molecule has 0 spiro atoms. The largest absolute Gasteiger partial charge is 0.355 e. The monoisotopic (exact) mass is 425 g/mol. The molecule has 3 rings (SSSR count). The van der Waals surface area contributed by atoms with Crippen LogP contribution in [-0.2, 0) is 0 Å². The second-order valence-corrected chi connectivity index (χ2v) is 8.96. The van der Waals surface area contributed by atoms with E-state index in [4.69, 9.17) is 4.98 Å². The molecule has 1 aromatic carbocycles. The third kappa shape index (κ3) is 3.86. The number of H-pyrrole nitrogens is 1. The molecule has 0 unspecified atom stereocenters. The van der Waals surface area contributed by atoms with Gasteiger partial charge in [-0.1, -0.05) is 30.8 Å². The standard InChI is InChI=1S/C23H27N3O3S/c1-7-12(2)26-22(29)17-10-8-9-11-18(17)25-23(26)30-16(6)21(28)20-13(3)19(15(5)27)14(4)24-20/h8-12,16,24H,7H2,1-6H3/t12-,16+/m0/s1. The number of rotatable bonds is 7. The maximum Gasteiger partial charge on any atom is 0.262 e. The van der Waals surface area contributed by atoms with E-state index in [9.17, 15) is 14.4 Å². The molecule has 0 fully saturated rings. The number of nitrogens with one attached hydrogen (secondary N) is 1. The topological polar surface area (TPSA) is 84.8 Å². The molecule has 0 radical (unpaired) electrons. The summed E-state index contributed by atoms with van der Waals surface area (Å²) in [5.41, 5.74) is 2.90. The summed E-state index contributed by atoms with van der Waals surface area (Å²) in [4.78, 5) is 46.0. The average Bonchev–Trinajstić information content (AvgIpc) is 3.01. The summed E-state index contributed by atoms with van der Waals surface area (Å²) in [6, 6.07) is 7.22. The van der Waals surface area contributed by atoms with Crippen molar-refractivity contribution in [2.75, 3.05) is 0 Å². The quantitative estimate of drug-likeness (QED) is 0.331. The number of hydrogen-bond donors (Lipinski definition) is 1. The Labute approximate surface area is 180 Å². The van der Waals surface area contributed by atoms with Gasteiger partial charge in [-0.2, -0.15) is 0 Å². The molecule has 2 heterocycles. The number of aryl methyl sites for hydroxylation is 1. The van der Waals surface area contributed by atoms with Gasteiger partial charge in [0, 0.05) is 17.3 Å². The molecular weight excluding hydrogens is 398 g/mol. The summed E-state index contributed by atoms with van der Waals surface area (Å²) in [5.74, 6) is -0.186. The van der Waals surface area contributed by atoms with Crippen molar-refractivity contribution in [3.63, 3.8) is 0 Å². The molecule has 0 saturated carbocycles. The smallest absolute Gasteiger partial charge is 0.262 e. The van der Waals surface area contributed by atoms with Gasteiger partial charge in [0.05, 0.1) is 21.8 Å². The van der Waals surface area contributed by atoms with Crippen molar-refractivity contribution < 1.29 is 9.59 Å². The number of hydrogen-bond acceptors (Lipinski definition) is 5. The summed E-state index contributed by atoms with van der Waals surface area (Å²) < 4.78 is 1.69. The SMILES string of the molecule is CC[C@H](C)n1c(S[C@H](C)C(=O)c2[nH]c(C)c(C(C)=O)c2C)nc2ccccc2c1=O. The van der Waals surface area contributed by atoms with E-state index in [2.05, 4.69) is 4.98 Å². The molecule has 0 bridgehead atoms. The van der Waals surface area contributed by atoms with Crippen LogP contribution >= 0.6 is 11.8 Å². The minimum atomic E-state index is -0.482. The van der Waals surface area contributed by atoms with Crippen molar-refractivity contribution in [1.29, 1.82) is 0 Å². The zero-order chi connectivity index (χ0) is 22.2. The van der Waals surface area contributed by atoms with Gasteiger partial charge >= 0.3 is 0 Å². The zero-order valence-corrected chi connectivity index (χ0v) is 19.0. The maximum absolute atomic E-state index is 13.2. The minimum Gasteiger partial charge on any atom is -0.355 e. The first-order valence-corrected chi connectivity index (χ1v) is 11.0. The first-order chi connectivity index (χ1) is 14.2. The van der Waals surface area contributed by atoms with E-state index in [1.165, 1.54) is 18.7 Å². The fourth-order valence-corrected chi connectivity index (χ4v) is 4.79. The molecule has 0 aliphatic heterocycles. The maximum atomic E-state index is 13.2. The Morgan fingerprint density at radius 3 is 2.47 bits per heavy atom. The number of aromatic amines is 1. The molecule has 158 valence electrons. The highest BCUT2D eigenvalue weighted by Gasteiger charge is 2.26. The lowest BCUT2D eigenvalue weighted by Crippen LogP contribution is -2.27. The van der Waals surface area contributed by atoms with E-state index in [0.29, 0.717) is 38.6 Å². The Hall–Kier alpha value is -2.67. The van der Waals surface area contributed by atoms with Crippen LogP contribution in [0.4, 0.5) is 0 Å². The molecule has 30 heavy (non-hydrogen) atoms. The van der Waals surface area contributed by atoms with Crippen LogP contribution in [0, 0.1) is 13.8 Å². The van der Waals surface area contributed by atoms with Gasteiger partial charge < -0.3 is 4.98 Å². The summed E-state index contributed by atoms with van der Waals surface area (Å²) >= 11 is 1.28. The van der Waals surface area contributed by atoms with Gasteiger partial charge in [0.15, 0.2) is 16.7 Å². The molecule has 0 aliphatic rings. The number of carbonyl (C=O) groups is 2. The van der Waals surface area contributed by atoms with Gasteiger partial charge in [-0.3, -0.25) is 19.0 Å². The third-order valence-corrected chi connectivity index (χ3v) is 6.56. The molecule has 3 aromatic rings. The van der Waals surface area contributed by atoms with Crippen molar-refractivity contribution in [1.82, 2.24) is 14.5 Å². The first kappa shape index (κ1) is 22.0. The van der Waals surface area contributed by atoms with Crippen LogP contribution in [-0.4, -0.2) is 31.4 Å².